The zero-order valence-electron chi connectivity index (χ0n) is 12.6. The summed E-state index contributed by atoms with van der Waals surface area (Å²) in [7, 11) is -3.29. The molecule has 0 bridgehead atoms. The Hall–Kier alpha value is -0.580. The maximum absolute atomic E-state index is 12.5. The van der Waals surface area contributed by atoms with E-state index in [4.69, 9.17) is 11.6 Å². The SMILES string of the molecule is CC(C)CN(CC(C)C)S(=O)(=O)Cc1ccc(Cl)cc1. The predicted molar refractivity (Wildman–Crippen MR) is 85.3 cm³/mol. The van der Waals surface area contributed by atoms with Gasteiger partial charge in [0, 0.05) is 18.1 Å². The lowest BCUT2D eigenvalue weighted by atomic mass is 10.2. The van der Waals surface area contributed by atoms with Crippen LogP contribution in [-0.4, -0.2) is 25.8 Å². The number of hydrogen-bond donors (Lipinski definition) is 0. The molecular formula is C15H24ClNO2S. The third-order valence-corrected chi connectivity index (χ3v) is 4.83. The van der Waals surface area contributed by atoms with Gasteiger partial charge in [-0.25, -0.2) is 12.7 Å². The molecule has 5 heteroatoms. The Kier molecular flexibility index (Phi) is 6.49. The van der Waals surface area contributed by atoms with Crippen LogP contribution in [0.5, 0.6) is 0 Å². The van der Waals surface area contributed by atoms with Gasteiger partial charge < -0.3 is 0 Å². The molecule has 0 radical (unpaired) electrons. The summed E-state index contributed by atoms with van der Waals surface area (Å²) in [5.74, 6) is 0.659. The zero-order chi connectivity index (χ0) is 15.3. The normalized spacial score (nSPS) is 12.6. The third-order valence-electron chi connectivity index (χ3n) is 2.79. The first-order chi connectivity index (χ1) is 9.20. The molecule has 0 spiro atoms. The number of rotatable bonds is 7. The fourth-order valence-corrected chi connectivity index (χ4v) is 3.97. The Morgan fingerprint density at radius 3 is 1.85 bits per heavy atom. The van der Waals surface area contributed by atoms with E-state index in [0.717, 1.165) is 5.56 Å². The van der Waals surface area contributed by atoms with Gasteiger partial charge in [-0.05, 0) is 29.5 Å². The van der Waals surface area contributed by atoms with Crippen molar-refractivity contribution in [3.63, 3.8) is 0 Å². The topological polar surface area (TPSA) is 37.4 Å². The molecule has 0 aliphatic heterocycles. The van der Waals surface area contributed by atoms with Crippen molar-refractivity contribution in [2.75, 3.05) is 13.1 Å². The van der Waals surface area contributed by atoms with E-state index in [2.05, 4.69) is 0 Å². The lowest BCUT2D eigenvalue weighted by Crippen LogP contribution is -2.37. The van der Waals surface area contributed by atoms with Crippen molar-refractivity contribution >= 4 is 21.6 Å². The Bertz CT molecular complexity index is 499. The first-order valence-electron chi connectivity index (χ1n) is 6.93. The second-order valence-corrected chi connectivity index (χ2v) is 8.39. The van der Waals surface area contributed by atoms with Crippen LogP contribution < -0.4 is 0 Å². The van der Waals surface area contributed by atoms with Crippen molar-refractivity contribution in [3.05, 3.63) is 34.9 Å². The molecule has 0 amide bonds. The van der Waals surface area contributed by atoms with Crippen LogP contribution in [0.25, 0.3) is 0 Å². The average Bonchev–Trinajstić information content (AvgIpc) is 2.30. The Balaban J connectivity index is 2.89. The standard InChI is InChI=1S/C15H24ClNO2S/c1-12(2)9-17(10-13(3)4)20(18,19)11-14-5-7-15(16)8-6-14/h5-8,12-13H,9-11H2,1-4H3. The average molecular weight is 318 g/mol. The van der Waals surface area contributed by atoms with Gasteiger partial charge >= 0.3 is 0 Å². The second-order valence-electron chi connectivity index (χ2n) is 5.99. The highest BCUT2D eigenvalue weighted by atomic mass is 35.5. The molecule has 114 valence electrons. The number of benzene rings is 1. The molecule has 0 saturated heterocycles. The summed E-state index contributed by atoms with van der Waals surface area (Å²) in [5, 5.41) is 0.618. The Morgan fingerprint density at radius 1 is 1.00 bits per heavy atom. The van der Waals surface area contributed by atoms with E-state index >= 15 is 0 Å². The van der Waals surface area contributed by atoms with E-state index in [0.29, 0.717) is 29.9 Å². The molecule has 0 heterocycles. The lowest BCUT2D eigenvalue weighted by Gasteiger charge is -2.25. The summed E-state index contributed by atoms with van der Waals surface area (Å²) in [6, 6.07) is 6.98. The van der Waals surface area contributed by atoms with Crippen molar-refractivity contribution in [1.82, 2.24) is 4.31 Å². The van der Waals surface area contributed by atoms with E-state index in [1.807, 2.05) is 27.7 Å². The summed E-state index contributed by atoms with van der Waals surface area (Å²) in [4.78, 5) is 0. The highest BCUT2D eigenvalue weighted by Crippen LogP contribution is 2.17. The minimum atomic E-state index is -3.29. The van der Waals surface area contributed by atoms with Crippen LogP contribution in [0.4, 0.5) is 0 Å². The van der Waals surface area contributed by atoms with Crippen molar-refractivity contribution in [2.24, 2.45) is 11.8 Å². The molecule has 0 fully saturated rings. The van der Waals surface area contributed by atoms with Gasteiger partial charge in [-0.2, -0.15) is 0 Å². The van der Waals surface area contributed by atoms with Gasteiger partial charge in [0.05, 0.1) is 5.75 Å². The molecular weight excluding hydrogens is 294 g/mol. The quantitative estimate of drug-likeness (QED) is 0.767. The second kappa shape index (κ2) is 7.43. The van der Waals surface area contributed by atoms with Gasteiger partial charge in [-0.3, -0.25) is 0 Å². The van der Waals surface area contributed by atoms with Crippen LogP contribution in [0.1, 0.15) is 33.3 Å². The fraction of sp³-hybridized carbons (Fsp3) is 0.600. The molecule has 0 unspecified atom stereocenters. The number of sulfonamides is 1. The summed E-state index contributed by atoms with van der Waals surface area (Å²) in [6.45, 7) is 9.26. The van der Waals surface area contributed by atoms with Crippen molar-refractivity contribution in [3.8, 4) is 0 Å². The van der Waals surface area contributed by atoms with Gasteiger partial charge in [0.25, 0.3) is 0 Å². The smallest absolute Gasteiger partial charge is 0.212 e. The highest BCUT2D eigenvalue weighted by Gasteiger charge is 2.24. The Labute approximate surface area is 128 Å². The summed E-state index contributed by atoms with van der Waals surface area (Å²) < 4.78 is 26.7. The minimum Gasteiger partial charge on any atom is -0.212 e. The van der Waals surface area contributed by atoms with Gasteiger partial charge in [0.15, 0.2) is 0 Å². The number of hydrogen-bond acceptors (Lipinski definition) is 2. The Morgan fingerprint density at radius 2 is 1.45 bits per heavy atom. The predicted octanol–water partition coefficient (Wildman–Crippen LogP) is 3.78. The van der Waals surface area contributed by atoms with Gasteiger partial charge in [-0.1, -0.05) is 51.4 Å². The number of nitrogens with zero attached hydrogens (tertiary/aromatic N) is 1. The maximum atomic E-state index is 12.5. The van der Waals surface area contributed by atoms with Crippen LogP contribution in [0.2, 0.25) is 5.02 Å². The molecule has 0 aromatic heterocycles. The van der Waals surface area contributed by atoms with E-state index < -0.39 is 10.0 Å². The third kappa shape index (κ3) is 5.81. The molecule has 0 saturated carbocycles. The molecule has 0 atom stereocenters. The molecule has 1 aromatic rings. The van der Waals surface area contributed by atoms with E-state index in [1.54, 1.807) is 28.6 Å². The number of halogens is 1. The van der Waals surface area contributed by atoms with E-state index in [-0.39, 0.29) is 5.75 Å². The molecule has 20 heavy (non-hydrogen) atoms. The van der Waals surface area contributed by atoms with Crippen molar-refractivity contribution in [2.45, 2.75) is 33.4 Å². The minimum absolute atomic E-state index is 0.0314. The summed E-state index contributed by atoms with van der Waals surface area (Å²) in [6.07, 6.45) is 0. The first-order valence-corrected chi connectivity index (χ1v) is 8.91. The lowest BCUT2D eigenvalue weighted by molar-refractivity contribution is 0.333. The van der Waals surface area contributed by atoms with Crippen LogP contribution in [-0.2, 0) is 15.8 Å². The fourth-order valence-electron chi connectivity index (χ4n) is 2.00. The maximum Gasteiger partial charge on any atom is 0.218 e. The van der Waals surface area contributed by atoms with Crippen LogP contribution >= 0.6 is 11.6 Å². The largest absolute Gasteiger partial charge is 0.218 e. The monoisotopic (exact) mass is 317 g/mol. The van der Waals surface area contributed by atoms with Gasteiger partial charge in [-0.15, -0.1) is 0 Å². The molecule has 0 aliphatic carbocycles. The molecule has 0 aliphatic rings. The molecule has 1 rings (SSSR count). The van der Waals surface area contributed by atoms with E-state index in [1.165, 1.54) is 0 Å². The van der Waals surface area contributed by atoms with E-state index in [9.17, 15) is 8.42 Å². The van der Waals surface area contributed by atoms with Crippen LogP contribution in [0.3, 0.4) is 0 Å². The van der Waals surface area contributed by atoms with Gasteiger partial charge in [0.2, 0.25) is 10.0 Å². The van der Waals surface area contributed by atoms with Crippen molar-refractivity contribution < 1.29 is 8.42 Å². The highest BCUT2D eigenvalue weighted by molar-refractivity contribution is 7.88. The molecule has 0 N–H and O–H groups in total. The van der Waals surface area contributed by atoms with Crippen LogP contribution in [0.15, 0.2) is 24.3 Å². The zero-order valence-corrected chi connectivity index (χ0v) is 14.2. The van der Waals surface area contributed by atoms with Gasteiger partial charge in [0.1, 0.15) is 0 Å². The summed E-state index contributed by atoms with van der Waals surface area (Å²) >= 11 is 5.82. The molecule has 1 aromatic carbocycles. The first kappa shape index (κ1) is 17.5. The molecule has 3 nitrogen and oxygen atoms in total. The summed E-state index contributed by atoms with van der Waals surface area (Å²) in [5.41, 5.74) is 0.770. The van der Waals surface area contributed by atoms with Crippen molar-refractivity contribution in [1.29, 1.82) is 0 Å². The van der Waals surface area contributed by atoms with Crippen LogP contribution in [0, 0.1) is 11.8 Å².